The Morgan fingerprint density at radius 2 is 1.89 bits per heavy atom. The Morgan fingerprint density at radius 3 is 2.52 bits per heavy atom. The van der Waals surface area contributed by atoms with Crippen molar-refractivity contribution in [3.63, 3.8) is 0 Å². The van der Waals surface area contributed by atoms with Crippen molar-refractivity contribution in [3.8, 4) is 11.1 Å². The fraction of sp³-hybridized carbons (Fsp3) is 0.348. The number of halogens is 1. The summed E-state index contributed by atoms with van der Waals surface area (Å²) < 4.78 is 15.9. The van der Waals surface area contributed by atoms with Crippen LogP contribution < -0.4 is 4.90 Å². The average molecular weight is 364 g/mol. The largest absolute Gasteiger partial charge is 0.371 e. The van der Waals surface area contributed by atoms with Gasteiger partial charge in [-0.1, -0.05) is 12.1 Å². The molecule has 3 aromatic rings. The molecule has 4 rings (SSSR count). The van der Waals surface area contributed by atoms with E-state index in [1.807, 2.05) is 12.1 Å². The molecule has 1 unspecified atom stereocenters. The molecule has 27 heavy (non-hydrogen) atoms. The Hall–Kier alpha value is -2.62. The predicted molar refractivity (Wildman–Crippen MR) is 109 cm³/mol. The number of hydrogen-bond acceptors (Lipinski definition) is 2. The number of ketones is 1. The first kappa shape index (κ1) is 17.8. The van der Waals surface area contributed by atoms with Crippen molar-refractivity contribution in [1.29, 1.82) is 0 Å². The highest BCUT2D eigenvalue weighted by molar-refractivity contribution is 6.07. The zero-order chi connectivity index (χ0) is 19.5. The highest BCUT2D eigenvalue weighted by Gasteiger charge is 2.29. The molecule has 0 radical (unpaired) electrons. The second kappa shape index (κ2) is 6.22. The number of likely N-dealkylation sites (N-methyl/N-ethyl adjacent to an activating group) is 1. The summed E-state index contributed by atoms with van der Waals surface area (Å²) >= 11 is 0. The normalized spacial score (nSPS) is 16.2. The predicted octanol–water partition coefficient (Wildman–Crippen LogP) is 5.21. The SMILES string of the molecule is CC(=O)Cc1c(C)c2c3c(cc(C)n3C(C)CN2C)c1-c1ccc(F)cc1. The highest BCUT2D eigenvalue weighted by atomic mass is 19.1. The molecule has 0 bridgehead atoms. The van der Waals surface area contributed by atoms with E-state index in [0.29, 0.717) is 12.5 Å². The summed E-state index contributed by atoms with van der Waals surface area (Å²) in [6.07, 6.45) is 0.384. The Kier molecular flexibility index (Phi) is 4.10. The third kappa shape index (κ3) is 2.66. The standard InChI is InChI=1S/C23H25FN2O/c1-13-10-20-21(17-6-8-18(24)9-7-17)19(11-15(3)27)16(4)22-23(20)26(13)14(2)12-25(22)5/h6-10,14H,11-12H2,1-5H3. The van der Waals surface area contributed by atoms with Crippen LogP contribution in [0.15, 0.2) is 30.3 Å². The number of anilines is 1. The van der Waals surface area contributed by atoms with Gasteiger partial charge in [0.1, 0.15) is 11.6 Å². The van der Waals surface area contributed by atoms with Crippen LogP contribution in [0.3, 0.4) is 0 Å². The molecule has 1 aliphatic heterocycles. The number of Topliss-reactive ketones (excluding diaryl/α,β-unsaturated/α-hetero) is 1. The van der Waals surface area contributed by atoms with Crippen molar-refractivity contribution in [2.24, 2.45) is 0 Å². The zero-order valence-electron chi connectivity index (χ0n) is 16.6. The van der Waals surface area contributed by atoms with Gasteiger partial charge in [0.05, 0.1) is 11.2 Å². The summed E-state index contributed by atoms with van der Waals surface area (Å²) in [6.45, 7) is 9.06. The Balaban J connectivity index is 2.17. The van der Waals surface area contributed by atoms with E-state index >= 15 is 0 Å². The van der Waals surface area contributed by atoms with E-state index in [1.165, 1.54) is 29.0 Å². The van der Waals surface area contributed by atoms with Gasteiger partial charge in [-0.3, -0.25) is 4.79 Å². The molecule has 1 aliphatic rings. The molecule has 3 nitrogen and oxygen atoms in total. The van der Waals surface area contributed by atoms with Gasteiger partial charge in [0, 0.05) is 37.1 Å². The summed E-state index contributed by atoms with van der Waals surface area (Å²) in [5.41, 5.74) is 7.86. The lowest BCUT2D eigenvalue weighted by Crippen LogP contribution is -2.32. The number of aryl methyl sites for hydroxylation is 1. The number of rotatable bonds is 3. The number of aromatic nitrogens is 1. The van der Waals surface area contributed by atoms with Gasteiger partial charge in [-0.15, -0.1) is 0 Å². The molecule has 0 aliphatic carbocycles. The third-order valence-corrected chi connectivity index (χ3v) is 5.75. The van der Waals surface area contributed by atoms with Crippen molar-refractivity contribution in [2.45, 2.75) is 40.2 Å². The molecule has 0 amide bonds. The van der Waals surface area contributed by atoms with E-state index in [9.17, 15) is 9.18 Å². The number of nitrogens with zero attached hydrogens (tertiary/aromatic N) is 2. The molecule has 0 saturated heterocycles. The van der Waals surface area contributed by atoms with Crippen LogP contribution in [0, 0.1) is 19.7 Å². The Morgan fingerprint density at radius 1 is 1.22 bits per heavy atom. The van der Waals surface area contributed by atoms with E-state index in [1.54, 1.807) is 6.92 Å². The minimum atomic E-state index is -0.250. The summed E-state index contributed by atoms with van der Waals surface area (Å²) in [5, 5.41) is 1.15. The van der Waals surface area contributed by atoms with Crippen LogP contribution in [0.4, 0.5) is 10.1 Å². The van der Waals surface area contributed by atoms with Crippen LogP contribution in [0.1, 0.15) is 36.7 Å². The molecule has 1 aromatic heterocycles. The van der Waals surface area contributed by atoms with Crippen LogP contribution >= 0.6 is 0 Å². The molecular weight excluding hydrogens is 339 g/mol. The van der Waals surface area contributed by atoms with Gasteiger partial charge < -0.3 is 9.47 Å². The minimum Gasteiger partial charge on any atom is -0.371 e. The van der Waals surface area contributed by atoms with Gasteiger partial charge in [-0.05, 0) is 68.1 Å². The van der Waals surface area contributed by atoms with Crippen LogP contribution in [0.25, 0.3) is 22.0 Å². The summed E-state index contributed by atoms with van der Waals surface area (Å²) in [6, 6.07) is 9.21. The summed E-state index contributed by atoms with van der Waals surface area (Å²) in [7, 11) is 2.12. The van der Waals surface area contributed by atoms with Crippen molar-refractivity contribution >= 4 is 22.4 Å². The Labute approximate surface area is 159 Å². The second-order valence-electron chi connectivity index (χ2n) is 7.86. The molecule has 2 aromatic carbocycles. The van der Waals surface area contributed by atoms with Crippen LogP contribution in [-0.2, 0) is 11.2 Å². The van der Waals surface area contributed by atoms with Crippen molar-refractivity contribution in [2.75, 3.05) is 18.5 Å². The fourth-order valence-corrected chi connectivity index (χ4v) is 4.78. The van der Waals surface area contributed by atoms with Gasteiger partial charge >= 0.3 is 0 Å². The number of benzene rings is 2. The monoisotopic (exact) mass is 364 g/mol. The van der Waals surface area contributed by atoms with Gasteiger partial charge in [0.2, 0.25) is 0 Å². The maximum Gasteiger partial charge on any atom is 0.134 e. The number of carbonyl (C=O) groups excluding carboxylic acids is 1. The minimum absolute atomic E-state index is 0.135. The second-order valence-corrected chi connectivity index (χ2v) is 7.86. The summed E-state index contributed by atoms with van der Waals surface area (Å²) in [4.78, 5) is 14.4. The van der Waals surface area contributed by atoms with E-state index < -0.39 is 0 Å². The van der Waals surface area contributed by atoms with Crippen LogP contribution in [-0.4, -0.2) is 23.9 Å². The lowest BCUT2D eigenvalue weighted by molar-refractivity contribution is -0.116. The van der Waals surface area contributed by atoms with E-state index in [0.717, 1.165) is 34.2 Å². The molecule has 4 heteroatoms. The smallest absolute Gasteiger partial charge is 0.134 e. The molecule has 0 fully saturated rings. The first-order chi connectivity index (χ1) is 12.8. The van der Waals surface area contributed by atoms with Crippen molar-refractivity contribution < 1.29 is 9.18 Å². The topological polar surface area (TPSA) is 25.2 Å². The summed E-state index contributed by atoms with van der Waals surface area (Å²) in [5.74, 6) is -0.115. The molecular formula is C23H25FN2O. The molecule has 0 spiro atoms. The molecule has 0 N–H and O–H groups in total. The van der Waals surface area contributed by atoms with Crippen LogP contribution in [0.2, 0.25) is 0 Å². The lowest BCUT2D eigenvalue weighted by atomic mass is 9.88. The quantitative estimate of drug-likeness (QED) is 0.638. The van der Waals surface area contributed by atoms with Crippen molar-refractivity contribution in [1.82, 2.24) is 4.57 Å². The van der Waals surface area contributed by atoms with Gasteiger partial charge in [-0.25, -0.2) is 4.39 Å². The zero-order valence-corrected chi connectivity index (χ0v) is 16.6. The Bertz CT molecular complexity index is 1060. The molecule has 2 heterocycles. The van der Waals surface area contributed by atoms with Gasteiger partial charge in [0.25, 0.3) is 0 Å². The molecule has 1 atom stereocenters. The van der Waals surface area contributed by atoms with E-state index in [-0.39, 0.29) is 11.6 Å². The maximum absolute atomic E-state index is 13.5. The average Bonchev–Trinajstić information content (AvgIpc) is 2.92. The van der Waals surface area contributed by atoms with Crippen LogP contribution in [0.5, 0.6) is 0 Å². The lowest BCUT2D eigenvalue weighted by Gasteiger charge is -2.35. The molecule has 0 saturated carbocycles. The highest BCUT2D eigenvalue weighted by Crippen LogP contribution is 2.46. The van der Waals surface area contributed by atoms with E-state index in [4.69, 9.17) is 0 Å². The fourth-order valence-electron chi connectivity index (χ4n) is 4.78. The molecule has 140 valence electrons. The number of hydrogen-bond donors (Lipinski definition) is 0. The number of carbonyl (C=O) groups is 1. The maximum atomic E-state index is 13.5. The van der Waals surface area contributed by atoms with E-state index in [2.05, 4.69) is 43.4 Å². The van der Waals surface area contributed by atoms with Gasteiger partial charge in [0.15, 0.2) is 0 Å². The van der Waals surface area contributed by atoms with Gasteiger partial charge in [-0.2, -0.15) is 0 Å². The first-order valence-electron chi connectivity index (χ1n) is 9.43. The third-order valence-electron chi connectivity index (χ3n) is 5.75. The van der Waals surface area contributed by atoms with Crippen molar-refractivity contribution in [3.05, 3.63) is 53.0 Å². The first-order valence-corrected chi connectivity index (χ1v) is 9.43.